The molecule has 0 aliphatic heterocycles. The number of thioether (sulfide) groups is 1. The van der Waals surface area contributed by atoms with Crippen molar-refractivity contribution in [2.45, 2.75) is 17.3 Å². The Kier molecular flexibility index (Phi) is 5.58. The first-order valence-electron chi connectivity index (χ1n) is 7.66. The van der Waals surface area contributed by atoms with Gasteiger partial charge in [0.05, 0.1) is 5.25 Å². The standard InChI is InChI=1S/C18H14ClF2N3OS/c1-11(17(25)23-16-14(20)6-3-7-15(16)21)26-18-22-8-9-24(18)13-5-2-4-12(19)10-13/h2-11H,1H3,(H,23,25). The zero-order chi connectivity index (χ0) is 18.7. The second-order valence-corrected chi connectivity index (χ2v) is 7.15. The Hall–Kier alpha value is -2.38. The molecule has 134 valence electrons. The highest BCUT2D eigenvalue weighted by atomic mass is 35.5. The van der Waals surface area contributed by atoms with Gasteiger partial charge in [-0.2, -0.15) is 0 Å². The van der Waals surface area contributed by atoms with Gasteiger partial charge < -0.3 is 5.32 Å². The molecule has 0 fully saturated rings. The van der Waals surface area contributed by atoms with Crippen molar-refractivity contribution in [3.8, 4) is 5.69 Å². The van der Waals surface area contributed by atoms with E-state index in [9.17, 15) is 13.6 Å². The molecule has 26 heavy (non-hydrogen) atoms. The number of hydrogen-bond acceptors (Lipinski definition) is 3. The molecule has 1 amide bonds. The van der Waals surface area contributed by atoms with E-state index in [-0.39, 0.29) is 0 Å². The predicted molar refractivity (Wildman–Crippen MR) is 98.9 cm³/mol. The number of anilines is 1. The largest absolute Gasteiger partial charge is 0.320 e. The number of para-hydroxylation sites is 1. The van der Waals surface area contributed by atoms with Crippen LogP contribution in [0.1, 0.15) is 6.92 Å². The molecule has 0 saturated carbocycles. The van der Waals surface area contributed by atoms with E-state index in [0.717, 1.165) is 17.8 Å². The lowest BCUT2D eigenvalue weighted by Crippen LogP contribution is -2.24. The molecule has 1 heterocycles. The van der Waals surface area contributed by atoms with Crippen molar-refractivity contribution in [1.29, 1.82) is 0 Å². The van der Waals surface area contributed by atoms with E-state index in [1.54, 1.807) is 36.0 Å². The molecule has 1 N–H and O–H groups in total. The third-order valence-electron chi connectivity index (χ3n) is 3.56. The van der Waals surface area contributed by atoms with Gasteiger partial charge in [0.2, 0.25) is 5.91 Å². The van der Waals surface area contributed by atoms with Gasteiger partial charge in [0, 0.05) is 23.1 Å². The zero-order valence-corrected chi connectivity index (χ0v) is 15.2. The second-order valence-electron chi connectivity index (χ2n) is 5.41. The van der Waals surface area contributed by atoms with Gasteiger partial charge in [0.25, 0.3) is 0 Å². The Balaban J connectivity index is 1.76. The van der Waals surface area contributed by atoms with Crippen LogP contribution in [0.25, 0.3) is 5.69 Å². The lowest BCUT2D eigenvalue weighted by atomic mass is 10.3. The fourth-order valence-corrected chi connectivity index (χ4v) is 3.32. The predicted octanol–water partition coefficient (Wildman–Crippen LogP) is 4.92. The number of rotatable bonds is 5. The van der Waals surface area contributed by atoms with Crippen molar-refractivity contribution >= 4 is 35.0 Å². The average molecular weight is 394 g/mol. The molecule has 0 aliphatic carbocycles. The summed E-state index contributed by atoms with van der Waals surface area (Å²) in [6.45, 7) is 1.63. The zero-order valence-electron chi connectivity index (χ0n) is 13.6. The summed E-state index contributed by atoms with van der Waals surface area (Å²) in [7, 11) is 0. The van der Waals surface area contributed by atoms with Crippen LogP contribution >= 0.6 is 23.4 Å². The van der Waals surface area contributed by atoms with Gasteiger partial charge in [-0.25, -0.2) is 13.8 Å². The van der Waals surface area contributed by atoms with Crippen LogP contribution in [0.15, 0.2) is 60.0 Å². The van der Waals surface area contributed by atoms with Gasteiger partial charge in [-0.05, 0) is 37.3 Å². The van der Waals surface area contributed by atoms with Gasteiger partial charge in [0.1, 0.15) is 17.3 Å². The third kappa shape index (κ3) is 4.05. The Morgan fingerprint density at radius 1 is 1.23 bits per heavy atom. The number of hydrogen-bond donors (Lipinski definition) is 1. The van der Waals surface area contributed by atoms with E-state index in [0.29, 0.717) is 10.2 Å². The third-order valence-corrected chi connectivity index (χ3v) is 4.87. The minimum Gasteiger partial charge on any atom is -0.320 e. The Bertz CT molecular complexity index is 927. The minimum atomic E-state index is -0.823. The molecule has 3 rings (SSSR count). The summed E-state index contributed by atoms with van der Waals surface area (Å²) in [4.78, 5) is 16.6. The fraction of sp³-hybridized carbons (Fsp3) is 0.111. The number of imidazole rings is 1. The summed E-state index contributed by atoms with van der Waals surface area (Å²) in [5.74, 6) is -2.17. The normalized spacial score (nSPS) is 12.0. The molecule has 1 atom stereocenters. The Labute approximate surface area is 158 Å². The van der Waals surface area contributed by atoms with Crippen LogP contribution in [0, 0.1) is 11.6 Å². The van der Waals surface area contributed by atoms with Crippen molar-refractivity contribution < 1.29 is 13.6 Å². The van der Waals surface area contributed by atoms with E-state index >= 15 is 0 Å². The number of amides is 1. The van der Waals surface area contributed by atoms with Crippen molar-refractivity contribution in [3.63, 3.8) is 0 Å². The van der Waals surface area contributed by atoms with Gasteiger partial charge >= 0.3 is 0 Å². The summed E-state index contributed by atoms with van der Waals surface area (Å²) < 4.78 is 29.2. The molecule has 0 aliphatic rings. The quantitative estimate of drug-likeness (QED) is 0.625. The molecule has 2 aromatic carbocycles. The number of benzene rings is 2. The molecule has 8 heteroatoms. The van der Waals surface area contributed by atoms with Gasteiger partial charge in [0.15, 0.2) is 5.16 Å². The molecule has 1 unspecified atom stereocenters. The summed E-state index contributed by atoms with van der Waals surface area (Å²) in [5, 5.41) is 2.80. The summed E-state index contributed by atoms with van der Waals surface area (Å²) >= 11 is 7.18. The highest BCUT2D eigenvalue weighted by Crippen LogP contribution is 2.27. The smallest absolute Gasteiger partial charge is 0.237 e. The lowest BCUT2D eigenvalue weighted by Gasteiger charge is -2.14. The molecule has 4 nitrogen and oxygen atoms in total. The van der Waals surface area contributed by atoms with Crippen LogP contribution in [-0.4, -0.2) is 20.7 Å². The number of nitrogens with zero attached hydrogens (tertiary/aromatic N) is 2. The summed E-state index contributed by atoms with van der Waals surface area (Å²) in [6.07, 6.45) is 3.35. The molecule has 0 saturated heterocycles. The van der Waals surface area contributed by atoms with E-state index in [4.69, 9.17) is 11.6 Å². The number of halogens is 3. The number of aromatic nitrogens is 2. The maximum absolute atomic E-state index is 13.7. The minimum absolute atomic E-state index is 0.455. The topological polar surface area (TPSA) is 46.9 Å². The molecule has 3 aromatic rings. The maximum atomic E-state index is 13.7. The first-order valence-corrected chi connectivity index (χ1v) is 8.92. The molecular weight excluding hydrogens is 380 g/mol. The van der Waals surface area contributed by atoms with Crippen molar-refractivity contribution in [2.24, 2.45) is 0 Å². The van der Waals surface area contributed by atoms with E-state index < -0.39 is 28.5 Å². The summed E-state index contributed by atoms with van der Waals surface area (Å²) in [6, 6.07) is 10.6. The van der Waals surface area contributed by atoms with Crippen LogP contribution in [0.3, 0.4) is 0 Å². The fourth-order valence-electron chi connectivity index (χ4n) is 2.25. The van der Waals surface area contributed by atoms with E-state index in [2.05, 4.69) is 10.3 Å². The molecule has 0 spiro atoms. The highest BCUT2D eigenvalue weighted by Gasteiger charge is 2.20. The molecule has 0 bridgehead atoms. The lowest BCUT2D eigenvalue weighted by molar-refractivity contribution is -0.115. The Morgan fingerprint density at radius 3 is 2.62 bits per heavy atom. The highest BCUT2D eigenvalue weighted by molar-refractivity contribution is 8.00. The number of nitrogens with one attached hydrogen (secondary N) is 1. The molecular formula is C18H14ClF2N3OS. The Morgan fingerprint density at radius 2 is 1.92 bits per heavy atom. The van der Waals surface area contributed by atoms with E-state index in [1.807, 2.05) is 12.1 Å². The van der Waals surface area contributed by atoms with Crippen LogP contribution in [0.5, 0.6) is 0 Å². The molecule has 0 radical (unpaired) electrons. The van der Waals surface area contributed by atoms with Crippen LogP contribution in [-0.2, 0) is 4.79 Å². The van der Waals surface area contributed by atoms with Crippen LogP contribution < -0.4 is 5.32 Å². The van der Waals surface area contributed by atoms with Crippen LogP contribution in [0.2, 0.25) is 5.02 Å². The molecule has 1 aromatic heterocycles. The van der Waals surface area contributed by atoms with Gasteiger partial charge in [-0.3, -0.25) is 9.36 Å². The van der Waals surface area contributed by atoms with Crippen LogP contribution in [0.4, 0.5) is 14.5 Å². The number of carbonyl (C=O) groups excluding carboxylic acids is 1. The van der Waals surface area contributed by atoms with Crippen molar-refractivity contribution in [2.75, 3.05) is 5.32 Å². The average Bonchev–Trinajstić information content (AvgIpc) is 3.06. The number of carbonyl (C=O) groups is 1. The first kappa shape index (κ1) is 18.4. The van der Waals surface area contributed by atoms with Crippen molar-refractivity contribution in [1.82, 2.24) is 9.55 Å². The van der Waals surface area contributed by atoms with Gasteiger partial charge in [-0.15, -0.1) is 0 Å². The maximum Gasteiger partial charge on any atom is 0.237 e. The van der Waals surface area contributed by atoms with Crippen molar-refractivity contribution in [3.05, 3.63) is 71.5 Å². The summed E-state index contributed by atoms with van der Waals surface area (Å²) in [5.41, 5.74) is 0.341. The second kappa shape index (κ2) is 7.88. The monoisotopic (exact) mass is 393 g/mol. The SMILES string of the molecule is CC(Sc1nccn1-c1cccc(Cl)c1)C(=O)Nc1c(F)cccc1F. The first-order chi connectivity index (χ1) is 12.5. The van der Waals surface area contributed by atoms with E-state index in [1.165, 1.54) is 17.8 Å². The van der Waals surface area contributed by atoms with Gasteiger partial charge in [-0.1, -0.05) is 35.5 Å².